The zero-order valence-corrected chi connectivity index (χ0v) is 17.5. The van der Waals surface area contributed by atoms with Gasteiger partial charge in [0.2, 0.25) is 0 Å². The van der Waals surface area contributed by atoms with Gasteiger partial charge in [-0.15, -0.1) is 0 Å². The Labute approximate surface area is 179 Å². The molecule has 1 aromatic carbocycles. The number of fused-ring (bicyclic) bond motifs is 3. The van der Waals surface area contributed by atoms with Crippen molar-refractivity contribution in [3.63, 3.8) is 0 Å². The summed E-state index contributed by atoms with van der Waals surface area (Å²) in [6.07, 6.45) is 3.23. The monoisotopic (exact) mass is 418 g/mol. The van der Waals surface area contributed by atoms with E-state index in [1.54, 1.807) is 6.07 Å². The van der Waals surface area contributed by atoms with Crippen molar-refractivity contribution in [2.75, 3.05) is 13.1 Å². The van der Waals surface area contributed by atoms with Crippen molar-refractivity contribution in [2.24, 2.45) is 11.8 Å². The first kappa shape index (κ1) is 18.8. The molecule has 2 aliphatic rings. The van der Waals surface area contributed by atoms with Crippen LogP contribution in [-0.2, 0) is 6.54 Å². The predicted molar refractivity (Wildman–Crippen MR) is 117 cm³/mol. The molecule has 0 radical (unpaired) electrons. The van der Waals surface area contributed by atoms with Crippen molar-refractivity contribution in [1.82, 2.24) is 29.0 Å². The van der Waals surface area contributed by atoms with Crippen LogP contribution in [0, 0.1) is 18.8 Å². The van der Waals surface area contributed by atoms with Crippen molar-refractivity contribution >= 4 is 16.7 Å². The lowest BCUT2D eigenvalue weighted by molar-refractivity contribution is 0.0374. The first-order chi connectivity index (χ1) is 15.0. The fourth-order valence-corrected chi connectivity index (χ4v) is 5.65. The largest absolute Gasteiger partial charge is 0.391 e. The molecule has 4 atom stereocenters. The quantitative estimate of drug-likeness (QED) is 0.532. The summed E-state index contributed by atoms with van der Waals surface area (Å²) in [5, 5.41) is 14.0. The van der Waals surface area contributed by atoms with Crippen LogP contribution in [0.4, 0.5) is 0 Å². The SMILES string of the molecule is Cc1cc2nc(CN3C[C@H]4C[C@@H](n5cnc6ccccc65)[C@H](O)C[C@H]4C3)cc(=O)n2[nH]1. The second kappa shape index (κ2) is 7.03. The normalized spacial score (nSPS) is 26.6. The fraction of sp³-hybridized carbons (Fsp3) is 0.435. The van der Waals surface area contributed by atoms with Gasteiger partial charge in [0, 0.05) is 37.5 Å². The van der Waals surface area contributed by atoms with Crippen molar-refractivity contribution in [3.05, 3.63) is 64.5 Å². The number of aryl methyl sites for hydroxylation is 1. The van der Waals surface area contributed by atoms with E-state index in [9.17, 15) is 9.90 Å². The summed E-state index contributed by atoms with van der Waals surface area (Å²) in [4.78, 5) is 24.0. The van der Waals surface area contributed by atoms with Gasteiger partial charge in [-0.2, -0.15) is 0 Å². The van der Waals surface area contributed by atoms with E-state index in [2.05, 4.69) is 30.6 Å². The van der Waals surface area contributed by atoms with Crippen LogP contribution in [0.1, 0.15) is 30.3 Å². The Bertz CT molecular complexity index is 1320. The molecule has 0 amide bonds. The number of aliphatic hydroxyl groups excluding tert-OH is 1. The average Bonchev–Trinajstić information content (AvgIpc) is 3.43. The van der Waals surface area contributed by atoms with Crippen molar-refractivity contribution in [1.29, 1.82) is 0 Å². The highest BCUT2D eigenvalue weighted by Gasteiger charge is 2.42. The van der Waals surface area contributed by atoms with Gasteiger partial charge in [-0.25, -0.2) is 14.5 Å². The van der Waals surface area contributed by atoms with Crippen LogP contribution in [0.2, 0.25) is 0 Å². The van der Waals surface area contributed by atoms with Gasteiger partial charge in [0.05, 0.1) is 35.2 Å². The minimum atomic E-state index is -0.374. The summed E-state index contributed by atoms with van der Waals surface area (Å²) in [6.45, 7) is 4.49. The highest BCUT2D eigenvalue weighted by atomic mass is 16.3. The Morgan fingerprint density at radius 1 is 1.16 bits per heavy atom. The minimum Gasteiger partial charge on any atom is -0.391 e. The number of nitrogens with zero attached hydrogens (tertiary/aromatic N) is 5. The van der Waals surface area contributed by atoms with E-state index in [0.717, 1.165) is 48.4 Å². The molecule has 31 heavy (non-hydrogen) atoms. The molecule has 3 aromatic heterocycles. The minimum absolute atomic E-state index is 0.0514. The molecule has 0 bridgehead atoms. The van der Waals surface area contributed by atoms with Crippen LogP contribution in [-0.4, -0.2) is 53.3 Å². The fourth-order valence-electron chi connectivity index (χ4n) is 5.65. The van der Waals surface area contributed by atoms with Gasteiger partial charge >= 0.3 is 0 Å². The zero-order valence-electron chi connectivity index (χ0n) is 17.5. The molecule has 160 valence electrons. The van der Waals surface area contributed by atoms with Crippen LogP contribution in [0.3, 0.4) is 0 Å². The van der Waals surface area contributed by atoms with Gasteiger partial charge < -0.3 is 9.67 Å². The van der Waals surface area contributed by atoms with Crippen LogP contribution in [0.5, 0.6) is 0 Å². The number of nitrogens with one attached hydrogen (secondary N) is 1. The lowest BCUT2D eigenvalue weighted by Gasteiger charge is -2.36. The molecule has 1 aliphatic heterocycles. The third kappa shape index (κ3) is 3.18. The highest BCUT2D eigenvalue weighted by molar-refractivity contribution is 5.75. The number of aliphatic hydroxyl groups is 1. The third-order valence-corrected chi connectivity index (χ3v) is 7.04. The smallest absolute Gasteiger partial charge is 0.272 e. The molecule has 0 unspecified atom stereocenters. The number of para-hydroxylation sites is 2. The Kier molecular flexibility index (Phi) is 4.26. The number of hydrogen-bond acceptors (Lipinski definition) is 5. The molecule has 1 saturated heterocycles. The Morgan fingerprint density at radius 2 is 1.97 bits per heavy atom. The van der Waals surface area contributed by atoms with Crippen molar-refractivity contribution in [2.45, 2.75) is 38.5 Å². The zero-order chi connectivity index (χ0) is 21.1. The van der Waals surface area contributed by atoms with Crippen LogP contribution < -0.4 is 5.56 Å². The highest BCUT2D eigenvalue weighted by Crippen LogP contribution is 2.42. The first-order valence-corrected chi connectivity index (χ1v) is 11.0. The number of hydrogen-bond donors (Lipinski definition) is 2. The molecular weight excluding hydrogens is 392 g/mol. The molecule has 1 aliphatic carbocycles. The maximum atomic E-state index is 12.4. The predicted octanol–water partition coefficient (Wildman–Crippen LogP) is 2.12. The van der Waals surface area contributed by atoms with Gasteiger partial charge in [-0.1, -0.05) is 12.1 Å². The lowest BCUT2D eigenvalue weighted by atomic mass is 9.77. The molecule has 4 heterocycles. The molecule has 8 heteroatoms. The molecule has 2 fully saturated rings. The number of rotatable bonds is 3. The van der Waals surface area contributed by atoms with Crippen molar-refractivity contribution in [3.8, 4) is 0 Å². The van der Waals surface area contributed by atoms with E-state index < -0.39 is 0 Å². The van der Waals surface area contributed by atoms with Crippen molar-refractivity contribution < 1.29 is 5.11 Å². The number of H-pyrrole nitrogens is 1. The Balaban J connectivity index is 1.21. The van der Waals surface area contributed by atoms with E-state index in [0.29, 0.717) is 24.0 Å². The summed E-state index contributed by atoms with van der Waals surface area (Å²) >= 11 is 0. The topological polar surface area (TPSA) is 91.4 Å². The van der Waals surface area contributed by atoms with Crippen LogP contribution in [0.15, 0.2) is 47.5 Å². The molecule has 0 spiro atoms. The molecule has 8 nitrogen and oxygen atoms in total. The summed E-state index contributed by atoms with van der Waals surface area (Å²) < 4.78 is 3.64. The standard InChI is InChI=1S/C23H26N6O2/c1-14-6-22-25-17(9-23(31)29(22)26-14)12-27-10-15-7-20(21(30)8-16(15)11-27)28-13-24-18-4-2-3-5-19(18)28/h2-6,9,13,15-16,20-21,26,30H,7-8,10-12H2,1H3/t15-,16+,20-,21-/m1/s1. The lowest BCUT2D eigenvalue weighted by Crippen LogP contribution is -2.36. The van der Waals surface area contributed by atoms with E-state index in [4.69, 9.17) is 0 Å². The summed E-state index contributed by atoms with van der Waals surface area (Å²) in [7, 11) is 0. The average molecular weight is 419 g/mol. The van der Waals surface area contributed by atoms with Gasteiger partial charge in [0.15, 0.2) is 5.65 Å². The second-order valence-corrected chi connectivity index (χ2v) is 9.18. The molecule has 2 N–H and O–H groups in total. The summed E-state index contributed by atoms with van der Waals surface area (Å²) in [6, 6.07) is 11.7. The summed E-state index contributed by atoms with van der Waals surface area (Å²) in [5.41, 5.74) is 4.37. The molecule has 6 rings (SSSR count). The second-order valence-electron chi connectivity index (χ2n) is 9.18. The Hall–Kier alpha value is -2.97. The van der Waals surface area contributed by atoms with E-state index >= 15 is 0 Å². The maximum Gasteiger partial charge on any atom is 0.272 e. The van der Waals surface area contributed by atoms with Gasteiger partial charge in [-0.05, 0) is 43.7 Å². The van der Waals surface area contributed by atoms with Gasteiger partial charge in [0.25, 0.3) is 5.56 Å². The molecule has 4 aromatic rings. The number of likely N-dealkylation sites (tertiary alicyclic amines) is 1. The number of imidazole rings is 1. The maximum absolute atomic E-state index is 12.4. The number of aromatic amines is 1. The number of benzene rings is 1. The third-order valence-electron chi connectivity index (χ3n) is 7.04. The molecule has 1 saturated carbocycles. The van der Waals surface area contributed by atoms with E-state index in [1.807, 2.05) is 37.5 Å². The van der Waals surface area contributed by atoms with Crippen LogP contribution in [0.25, 0.3) is 16.7 Å². The number of aromatic nitrogens is 5. The Morgan fingerprint density at radius 3 is 2.84 bits per heavy atom. The molecular formula is C23H26N6O2. The van der Waals surface area contributed by atoms with Crippen LogP contribution >= 0.6 is 0 Å². The van der Waals surface area contributed by atoms with Gasteiger partial charge in [0.1, 0.15) is 0 Å². The summed E-state index contributed by atoms with van der Waals surface area (Å²) in [5.74, 6) is 0.995. The van der Waals surface area contributed by atoms with Gasteiger partial charge in [-0.3, -0.25) is 14.8 Å². The van der Waals surface area contributed by atoms with E-state index in [1.165, 1.54) is 4.52 Å². The van der Waals surface area contributed by atoms with E-state index in [-0.39, 0.29) is 17.7 Å². The first-order valence-electron chi connectivity index (χ1n) is 11.0.